The van der Waals surface area contributed by atoms with E-state index in [0.29, 0.717) is 11.4 Å². The number of rotatable bonds is 6. The van der Waals surface area contributed by atoms with Gasteiger partial charge in [-0.05, 0) is 17.7 Å². The van der Waals surface area contributed by atoms with Crippen LogP contribution in [0.25, 0.3) is 0 Å². The molecule has 4 N–H and O–H groups in total. The van der Waals surface area contributed by atoms with Crippen LogP contribution in [-0.2, 0) is 16.0 Å². The lowest BCUT2D eigenvalue weighted by molar-refractivity contribution is -0.123. The highest BCUT2D eigenvalue weighted by Gasteiger charge is 2.29. The van der Waals surface area contributed by atoms with E-state index in [4.69, 9.17) is 5.11 Å². The van der Waals surface area contributed by atoms with E-state index in [1.54, 1.807) is 24.3 Å². The number of aliphatic hydroxyl groups excluding tert-OH is 1. The number of hydrogen-bond donors (Lipinski definition) is 4. The highest BCUT2D eigenvalue weighted by atomic mass is 16.3. The Labute approximate surface area is 162 Å². The molecule has 0 spiro atoms. The third-order valence-electron chi connectivity index (χ3n) is 4.32. The Morgan fingerprint density at radius 1 is 1.11 bits per heavy atom. The van der Waals surface area contributed by atoms with Crippen LogP contribution in [0.15, 0.2) is 54.6 Å². The molecule has 0 radical (unpaired) electrons. The van der Waals surface area contributed by atoms with Gasteiger partial charge in [-0.2, -0.15) is 0 Å². The maximum Gasteiger partial charge on any atom is 0.323 e. The highest BCUT2D eigenvalue weighted by Crippen LogP contribution is 2.28. The summed E-state index contributed by atoms with van der Waals surface area (Å²) in [5, 5.41) is 17.0. The molecular formula is C20H22N4O4. The van der Waals surface area contributed by atoms with Gasteiger partial charge < -0.3 is 21.1 Å². The van der Waals surface area contributed by atoms with Gasteiger partial charge in [-0.1, -0.05) is 42.5 Å². The molecule has 0 aliphatic carbocycles. The molecule has 2 aromatic carbocycles. The van der Waals surface area contributed by atoms with Crippen molar-refractivity contribution in [2.24, 2.45) is 0 Å². The van der Waals surface area contributed by atoms with Crippen molar-refractivity contribution in [2.75, 3.05) is 29.9 Å². The molecule has 0 aromatic heterocycles. The van der Waals surface area contributed by atoms with Gasteiger partial charge in [-0.3, -0.25) is 14.5 Å². The fraction of sp³-hybridized carbons (Fsp3) is 0.250. The monoisotopic (exact) mass is 382 g/mol. The van der Waals surface area contributed by atoms with Gasteiger partial charge in [-0.25, -0.2) is 4.79 Å². The van der Waals surface area contributed by atoms with Gasteiger partial charge in [0.15, 0.2) is 0 Å². The summed E-state index contributed by atoms with van der Waals surface area (Å²) in [6, 6.07) is 14.9. The molecule has 0 bridgehead atoms. The van der Waals surface area contributed by atoms with Crippen molar-refractivity contribution in [1.29, 1.82) is 0 Å². The van der Waals surface area contributed by atoms with Crippen molar-refractivity contribution >= 4 is 29.2 Å². The molecule has 8 nitrogen and oxygen atoms in total. The van der Waals surface area contributed by atoms with E-state index in [-0.39, 0.29) is 32.0 Å². The predicted molar refractivity (Wildman–Crippen MR) is 105 cm³/mol. The second-order valence-corrected chi connectivity index (χ2v) is 6.36. The molecule has 146 valence electrons. The Balaban J connectivity index is 1.78. The van der Waals surface area contributed by atoms with Crippen LogP contribution < -0.4 is 20.9 Å². The third-order valence-corrected chi connectivity index (χ3v) is 4.32. The molecule has 1 aliphatic heterocycles. The Morgan fingerprint density at radius 2 is 1.82 bits per heavy atom. The Morgan fingerprint density at radius 3 is 2.57 bits per heavy atom. The topological polar surface area (TPSA) is 111 Å². The summed E-state index contributed by atoms with van der Waals surface area (Å²) in [6.07, 6.45) is 0.283. The summed E-state index contributed by atoms with van der Waals surface area (Å²) in [6.45, 7) is -0.245. The average Bonchev–Trinajstić information content (AvgIpc) is 2.71. The number of nitrogens with one attached hydrogen (secondary N) is 3. The first kappa shape index (κ1) is 19.4. The third kappa shape index (κ3) is 4.66. The average molecular weight is 382 g/mol. The minimum absolute atomic E-state index is 0.0922. The number of urea groups is 1. The molecule has 1 atom stereocenters. The lowest BCUT2D eigenvalue weighted by Gasteiger charge is -2.30. The van der Waals surface area contributed by atoms with Crippen LogP contribution in [0, 0.1) is 0 Å². The first-order valence-corrected chi connectivity index (χ1v) is 8.98. The molecule has 1 aliphatic rings. The fourth-order valence-electron chi connectivity index (χ4n) is 3.00. The smallest absolute Gasteiger partial charge is 0.323 e. The van der Waals surface area contributed by atoms with Crippen LogP contribution in [0.1, 0.15) is 5.56 Å². The van der Waals surface area contributed by atoms with E-state index >= 15 is 0 Å². The lowest BCUT2D eigenvalue weighted by atomic mass is 10.1. The van der Waals surface area contributed by atoms with E-state index < -0.39 is 18.0 Å². The standard InChI is InChI=1S/C20H22N4O4/c25-11-10-21-19(27)16(12-14-6-2-1-3-7-14)23-20(28)24-13-18(26)22-15-8-4-5-9-17(15)24/h1-9,16,25H,10-13H2,(H,21,27)(H,22,26)(H,23,28)/t16-/m0/s1. The van der Waals surface area contributed by atoms with E-state index in [0.717, 1.165) is 5.56 Å². The van der Waals surface area contributed by atoms with Gasteiger partial charge in [0.05, 0.1) is 18.0 Å². The molecule has 4 amide bonds. The molecule has 28 heavy (non-hydrogen) atoms. The van der Waals surface area contributed by atoms with Crippen LogP contribution in [0.3, 0.4) is 0 Å². The van der Waals surface area contributed by atoms with Gasteiger partial charge >= 0.3 is 6.03 Å². The number of carbonyl (C=O) groups excluding carboxylic acids is 3. The molecular weight excluding hydrogens is 360 g/mol. The van der Waals surface area contributed by atoms with Crippen molar-refractivity contribution in [3.63, 3.8) is 0 Å². The van der Waals surface area contributed by atoms with Gasteiger partial charge in [0, 0.05) is 13.0 Å². The normalized spacial score (nSPS) is 13.9. The fourth-order valence-corrected chi connectivity index (χ4v) is 3.00. The summed E-state index contributed by atoms with van der Waals surface area (Å²) in [7, 11) is 0. The van der Waals surface area contributed by atoms with Crippen LogP contribution in [0.5, 0.6) is 0 Å². The minimum atomic E-state index is -0.849. The zero-order chi connectivity index (χ0) is 19.9. The maximum atomic E-state index is 12.9. The van der Waals surface area contributed by atoms with Gasteiger partial charge in [0.2, 0.25) is 11.8 Å². The number of anilines is 2. The van der Waals surface area contributed by atoms with Gasteiger partial charge in [0.1, 0.15) is 12.6 Å². The number of hydrogen-bond acceptors (Lipinski definition) is 4. The van der Waals surface area contributed by atoms with E-state index in [9.17, 15) is 14.4 Å². The summed E-state index contributed by atoms with van der Waals surface area (Å²) < 4.78 is 0. The molecule has 0 saturated carbocycles. The number of carbonyl (C=O) groups is 3. The largest absolute Gasteiger partial charge is 0.395 e. The van der Waals surface area contributed by atoms with Crippen LogP contribution >= 0.6 is 0 Å². The Kier molecular flexibility index (Phi) is 6.23. The van der Waals surface area contributed by atoms with Crippen molar-refractivity contribution < 1.29 is 19.5 Å². The van der Waals surface area contributed by atoms with Crippen LogP contribution in [0.4, 0.5) is 16.2 Å². The Hall–Kier alpha value is -3.39. The Bertz CT molecular complexity index is 856. The number of nitrogens with zero attached hydrogens (tertiary/aromatic N) is 1. The second-order valence-electron chi connectivity index (χ2n) is 6.36. The van der Waals surface area contributed by atoms with E-state index in [1.807, 2.05) is 30.3 Å². The molecule has 0 unspecified atom stereocenters. The number of benzene rings is 2. The summed E-state index contributed by atoms with van der Waals surface area (Å²) in [5.74, 6) is -0.709. The number of amides is 4. The quantitative estimate of drug-likeness (QED) is 0.594. The second kappa shape index (κ2) is 9.01. The first-order chi connectivity index (χ1) is 13.6. The van der Waals surface area contributed by atoms with Crippen molar-refractivity contribution in [3.05, 3.63) is 60.2 Å². The minimum Gasteiger partial charge on any atom is -0.395 e. The van der Waals surface area contributed by atoms with Gasteiger partial charge in [-0.15, -0.1) is 0 Å². The SMILES string of the molecule is O=C1CN(C(=O)N[C@@H](Cc2ccccc2)C(=O)NCCO)c2ccccc2N1. The summed E-state index contributed by atoms with van der Waals surface area (Å²) in [4.78, 5) is 38.7. The van der Waals surface area contributed by atoms with E-state index in [1.165, 1.54) is 4.90 Å². The zero-order valence-electron chi connectivity index (χ0n) is 15.2. The number of para-hydroxylation sites is 2. The first-order valence-electron chi connectivity index (χ1n) is 8.98. The molecule has 2 aromatic rings. The maximum absolute atomic E-state index is 12.9. The van der Waals surface area contributed by atoms with Crippen molar-refractivity contribution in [1.82, 2.24) is 10.6 Å². The van der Waals surface area contributed by atoms with Crippen LogP contribution in [-0.4, -0.2) is 48.7 Å². The molecule has 1 heterocycles. The van der Waals surface area contributed by atoms with Crippen molar-refractivity contribution in [3.8, 4) is 0 Å². The highest BCUT2D eigenvalue weighted by molar-refractivity contribution is 6.10. The van der Waals surface area contributed by atoms with E-state index in [2.05, 4.69) is 16.0 Å². The number of fused-ring (bicyclic) bond motifs is 1. The molecule has 0 fully saturated rings. The summed E-state index contributed by atoms with van der Waals surface area (Å²) in [5.41, 5.74) is 1.98. The predicted octanol–water partition coefficient (Wildman–Crippen LogP) is 0.874. The summed E-state index contributed by atoms with van der Waals surface area (Å²) >= 11 is 0. The molecule has 3 rings (SSSR count). The molecule has 8 heteroatoms. The van der Waals surface area contributed by atoms with Crippen LogP contribution in [0.2, 0.25) is 0 Å². The lowest BCUT2D eigenvalue weighted by Crippen LogP contribution is -2.54. The molecule has 0 saturated heterocycles. The zero-order valence-corrected chi connectivity index (χ0v) is 15.2. The van der Waals surface area contributed by atoms with Crippen molar-refractivity contribution in [2.45, 2.75) is 12.5 Å². The van der Waals surface area contributed by atoms with Gasteiger partial charge in [0.25, 0.3) is 0 Å². The number of aliphatic hydroxyl groups is 1.